The van der Waals surface area contributed by atoms with Crippen LogP contribution in [-0.4, -0.2) is 36.5 Å². The molecule has 0 bridgehead atoms. The second-order valence-electron chi connectivity index (χ2n) is 8.64. The highest BCUT2D eigenvalue weighted by Crippen LogP contribution is 2.29. The molecule has 0 aliphatic rings. The zero-order valence-electron chi connectivity index (χ0n) is 20.0. The van der Waals surface area contributed by atoms with Gasteiger partial charge in [-0.05, 0) is 66.9 Å². The van der Waals surface area contributed by atoms with Crippen LogP contribution in [0.1, 0.15) is 40.1 Å². The summed E-state index contributed by atoms with van der Waals surface area (Å²) in [6.07, 6.45) is 0. The van der Waals surface area contributed by atoms with E-state index in [9.17, 15) is 27.9 Å². The van der Waals surface area contributed by atoms with Crippen molar-refractivity contribution in [2.24, 2.45) is 11.7 Å². The number of phenols is 1. The lowest BCUT2D eigenvalue weighted by molar-refractivity contribution is -0.116. The number of nitrogens with one attached hydrogen (secondary N) is 2. The summed E-state index contributed by atoms with van der Waals surface area (Å²) in [6.45, 7) is 5.05. The van der Waals surface area contributed by atoms with Gasteiger partial charge in [-0.15, -0.1) is 0 Å². The molecule has 5 N–H and O–H groups in total. The predicted molar refractivity (Wildman–Crippen MR) is 137 cm³/mol. The minimum Gasteiger partial charge on any atom is -0.506 e. The number of hydrogen-bond acceptors (Lipinski definition) is 6. The van der Waals surface area contributed by atoms with Crippen LogP contribution >= 0.6 is 0 Å². The summed E-state index contributed by atoms with van der Waals surface area (Å²) in [5.74, 6) is -2.76. The van der Waals surface area contributed by atoms with Gasteiger partial charge < -0.3 is 21.5 Å². The SMILES string of the molecule is Cc1cccc(S(=O)(=O)C(C(=O)Nc2ccc(NC(=O)c3ccc(C(N)=O)cc3)c(O)c2)C(C)C)c1. The number of sulfone groups is 1. The Morgan fingerprint density at radius 1 is 0.889 bits per heavy atom. The fourth-order valence-electron chi connectivity index (χ4n) is 3.65. The number of carbonyl (C=O) groups excluding carboxylic acids is 3. The van der Waals surface area contributed by atoms with Gasteiger partial charge >= 0.3 is 0 Å². The third kappa shape index (κ3) is 5.89. The summed E-state index contributed by atoms with van der Waals surface area (Å²) < 4.78 is 26.4. The summed E-state index contributed by atoms with van der Waals surface area (Å²) >= 11 is 0. The van der Waals surface area contributed by atoms with Gasteiger partial charge in [0.2, 0.25) is 11.8 Å². The Hall–Kier alpha value is -4.18. The maximum atomic E-state index is 13.2. The number of rotatable bonds is 8. The molecule has 36 heavy (non-hydrogen) atoms. The van der Waals surface area contributed by atoms with Crippen LogP contribution in [0.3, 0.4) is 0 Å². The number of aryl methyl sites for hydroxylation is 1. The van der Waals surface area contributed by atoms with E-state index < -0.39 is 38.7 Å². The van der Waals surface area contributed by atoms with Crippen LogP contribution in [0.4, 0.5) is 11.4 Å². The predicted octanol–water partition coefficient (Wildman–Crippen LogP) is 3.49. The molecule has 0 saturated carbocycles. The molecule has 3 amide bonds. The minimum absolute atomic E-state index is 0.0566. The Bertz CT molecular complexity index is 1420. The lowest BCUT2D eigenvalue weighted by atomic mass is 10.1. The Labute approximate surface area is 209 Å². The average molecular weight is 510 g/mol. The van der Waals surface area contributed by atoms with Gasteiger partial charge in [0.1, 0.15) is 11.0 Å². The lowest BCUT2D eigenvalue weighted by Gasteiger charge is -2.21. The average Bonchev–Trinajstić information content (AvgIpc) is 2.80. The van der Waals surface area contributed by atoms with Crippen molar-refractivity contribution in [2.75, 3.05) is 10.6 Å². The fourth-order valence-corrected chi connectivity index (χ4v) is 5.62. The van der Waals surface area contributed by atoms with E-state index >= 15 is 0 Å². The summed E-state index contributed by atoms with van der Waals surface area (Å²) in [6, 6.07) is 16.0. The number of aromatic hydroxyl groups is 1. The van der Waals surface area contributed by atoms with Gasteiger partial charge in [-0.2, -0.15) is 0 Å². The minimum atomic E-state index is -3.98. The highest BCUT2D eigenvalue weighted by Gasteiger charge is 2.36. The number of anilines is 2. The Balaban J connectivity index is 1.77. The molecule has 0 spiro atoms. The molecule has 3 rings (SSSR count). The Kier molecular flexibility index (Phi) is 7.79. The number of amides is 3. The highest BCUT2D eigenvalue weighted by atomic mass is 32.2. The van der Waals surface area contributed by atoms with E-state index in [2.05, 4.69) is 10.6 Å². The molecule has 0 saturated heterocycles. The lowest BCUT2D eigenvalue weighted by Crippen LogP contribution is -2.39. The van der Waals surface area contributed by atoms with Crippen molar-refractivity contribution < 1.29 is 27.9 Å². The number of phenolic OH excluding ortho intramolecular Hbond substituents is 1. The van der Waals surface area contributed by atoms with Crippen molar-refractivity contribution in [3.8, 4) is 5.75 Å². The number of carbonyl (C=O) groups is 3. The first-order valence-electron chi connectivity index (χ1n) is 11.1. The van der Waals surface area contributed by atoms with E-state index in [1.54, 1.807) is 32.9 Å². The van der Waals surface area contributed by atoms with Crippen LogP contribution in [-0.2, 0) is 14.6 Å². The number of benzene rings is 3. The topological polar surface area (TPSA) is 156 Å². The van der Waals surface area contributed by atoms with Gasteiger partial charge in [0.25, 0.3) is 5.91 Å². The fraction of sp³-hybridized carbons (Fsp3) is 0.192. The monoisotopic (exact) mass is 509 g/mol. The van der Waals surface area contributed by atoms with Gasteiger partial charge in [-0.1, -0.05) is 26.0 Å². The summed E-state index contributed by atoms with van der Waals surface area (Å²) in [4.78, 5) is 36.7. The molecule has 0 aliphatic heterocycles. The van der Waals surface area contributed by atoms with Gasteiger partial charge in [0.15, 0.2) is 9.84 Å². The van der Waals surface area contributed by atoms with E-state index in [0.717, 1.165) is 5.56 Å². The largest absolute Gasteiger partial charge is 0.506 e. The maximum absolute atomic E-state index is 13.2. The summed E-state index contributed by atoms with van der Waals surface area (Å²) in [5, 5.41) is 14.1. The zero-order chi connectivity index (χ0) is 26.6. The van der Waals surface area contributed by atoms with E-state index in [1.165, 1.54) is 54.6 Å². The van der Waals surface area contributed by atoms with Crippen LogP contribution in [0.25, 0.3) is 0 Å². The molecule has 3 aromatic rings. The zero-order valence-corrected chi connectivity index (χ0v) is 20.8. The summed E-state index contributed by atoms with van der Waals surface area (Å²) in [5.41, 5.74) is 6.66. The molecule has 1 unspecified atom stereocenters. The second-order valence-corrected chi connectivity index (χ2v) is 10.7. The first-order valence-corrected chi connectivity index (χ1v) is 12.6. The Morgan fingerprint density at radius 2 is 1.53 bits per heavy atom. The molecule has 9 nitrogen and oxygen atoms in total. The van der Waals surface area contributed by atoms with Gasteiger partial charge in [-0.3, -0.25) is 14.4 Å². The normalized spacial score (nSPS) is 12.1. The third-order valence-corrected chi connectivity index (χ3v) is 7.80. The van der Waals surface area contributed by atoms with Crippen LogP contribution in [0.5, 0.6) is 5.75 Å². The molecule has 0 aliphatic carbocycles. The van der Waals surface area contributed by atoms with Crippen molar-refractivity contribution in [3.05, 3.63) is 83.4 Å². The van der Waals surface area contributed by atoms with Crippen LogP contribution in [0, 0.1) is 12.8 Å². The summed E-state index contributed by atoms with van der Waals surface area (Å²) in [7, 11) is -3.98. The molecular weight excluding hydrogens is 482 g/mol. The molecule has 1 atom stereocenters. The van der Waals surface area contributed by atoms with E-state index in [1.807, 2.05) is 0 Å². The van der Waals surface area contributed by atoms with Crippen LogP contribution in [0.15, 0.2) is 71.6 Å². The van der Waals surface area contributed by atoms with Crippen LogP contribution in [0.2, 0.25) is 0 Å². The molecule has 10 heteroatoms. The van der Waals surface area contributed by atoms with Crippen molar-refractivity contribution >= 4 is 38.9 Å². The molecular formula is C26H27N3O6S. The number of hydrogen-bond donors (Lipinski definition) is 4. The van der Waals surface area contributed by atoms with Gasteiger partial charge in [-0.25, -0.2) is 8.42 Å². The molecule has 188 valence electrons. The quantitative estimate of drug-likeness (QED) is 0.341. The van der Waals surface area contributed by atoms with E-state index in [-0.39, 0.29) is 33.1 Å². The molecule has 3 aromatic carbocycles. The van der Waals surface area contributed by atoms with Gasteiger partial charge in [0.05, 0.1) is 10.6 Å². The molecule has 0 radical (unpaired) electrons. The number of nitrogens with two attached hydrogens (primary N) is 1. The van der Waals surface area contributed by atoms with Crippen LogP contribution < -0.4 is 16.4 Å². The van der Waals surface area contributed by atoms with Gasteiger partial charge in [0, 0.05) is 22.9 Å². The Morgan fingerprint density at radius 3 is 2.08 bits per heavy atom. The van der Waals surface area contributed by atoms with E-state index in [0.29, 0.717) is 0 Å². The van der Waals surface area contributed by atoms with Crippen molar-refractivity contribution in [3.63, 3.8) is 0 Å². The first-order chi connectivity index (χ1) is 16.9. The highest BCUT2D eigenvalue weighted by molar-refractivity contribution is 7.92. The van der Waals surface area contributed by atoms with Crippen molar-refractivity contribution in [1.82, 2.24) is 0 Å². The standard InChI is InChI=1S/C26H27N3O6S/c1-15(2)23(36(34,35)20-6-4-5-16(3)13-20)26(33)28-19-11-12-21(22(30)14-19)29-25(32)18-9-7-17(8-10-18)24(27)31/h4-15,23,30H,1-3H3,(H2,27,31)(H,28,33)(H,29,32). The maximum Gasteiger partial charge on any atom is 0.255 e. The smallest absolute Gasteiger partial charge is 0.255 e. The van der Waals surface area contributed by atoms with E-state index in [4.69, 9.17) is 5.73 Å². The van der Waals surface area contributed by atoms with Crippen molar-refractivity contribution in [1.29, 1.82) is 0 Å². The van der Waals surface area contributed by atoms with Crippen molar-refractivity contribution in [2.45, 2.75) is 30.9 Å². The first kappa shape index (κ1) is 26.4. The molecule has 0 heterocycles. The molecule has 0 aromatic heterocycles. The number of primary amides is 1. The second kappa shape index (κ2) is 10.6. The molecule has 0 fully saturated rings. The third-order valence-electron chi connectivity index (χ3n) is 5.46.